The Hall–Kier alpha value is -2.51. The SMILES string of the molecule is CC(C)c1nc(C2(NC(=O)c3ccc(OC4CC4(F)F)cc3)CCCC2)no1. The monoisotopic (exact) mass is 391 g/mol. The first-order valence-corrected chi connectivity index (χ1v) is 9.60. The van der Waals surface area contributed by atoms with Crippen LogP contribution in [0.15, 0.2) is 28.8 Å². The molecule has 0 aliphatic heterocycles. The lowest BCUT2D eigenvalue weighted by Crippen LogP contribution is -2.44. The first-order valence-electron chi connectivity index (χ1n) is 9.60. The fourth-order valence-corrected chi connectivity index (χ4v) is 3.50. The number of nitrogens with one attached hydrogen (secondary N) is 1. The van der Waals surface area contributed by atoms with Crippen molar-refractivity contribution in [3.63, 3.8) is 0 Å². The number of carbonyl (C=O) groups excluding carboxylic acids is 1. The van der Waals surface area contributed by atoms with Gasteiger partial charge in [0.05, 0.1) is 6.42 Å². The third-order valence-corrected chi connectivity index (χ3v) is 5.34. The summed E-state index contributed by atoms with van der Waals surface area (Å²) < 4.78 is 36.5. The van der Waals surface area contributed by atoms with Crippen LogP contribution < -0.4 is 10.1 Å². The molecule has 0 bridgehead atoms. The van der Waals surface area contributed by atoms with Crippen molar-refractivity contribution in [3.05, 3.63) is 41.5 Å². The van der Waals surface area contributed by atoms with Crippen molar-refractivity contribution in [2.24, 2.45) is 0 Å². The second-order valence-corrected chi connectivity index (χ2v) is 7.95. The molecule has 8 heteroatoms. The fourth-order valence-electron chi connectivity index (χ4n) is 3.50. The number of hydrogen-bond donors (Lipinski definition) is 1. The maximum Gasteiger partial charge on any atom is 0.288 e. The molecule has 2 aliphatic rings. The highest BCUT2D eigenvalue weighted by atomic mass is 19.3. The molecule has 6 nitrogen and oxygen atoms in total. The van der Waals surface area contributed by atoms with Crippen molar-refractivity contribution >= 4 is 5.91 Å². The van der Waals surface area contributed by atoms with Crippen LogP contribution in [0, 0.1) is 0 Å². The summed E-state index contributed by atoms with van der Waals surface area (Å²) in [4.78, 5) is 17.3. The normalized spacial score (nSPS) is 22.2. The summed E-state index contributed by atoms with van der Waals surface area (Å²) in [5.41, 5.74) is -0.215. The Labute approximate surface area is 161 Å². The van der Waals surface area contributed by atoms with Crippen molar-refractivity contribution < 1.29 is 22.8 Å². The molecule has 0 radical (unpaired) electrons. The van der Waals surface area contributed by atoms with E-state index in [9.17, 15) is 13.6 Å². The predicted molar refractivity (Wildman–Crippen MR) is 96.4 cm³/mol. The van der Waals surface area contributed by atoms with E-state index in [4.69, 9.17) is 9.26 Å². The second kappa shape index (κ2) is 6.83. The number of ether oxygens (including phenoxy) is 1. The van der Waals surface area contributed by atoms with E-state index in [-0.39, 0.29) is 18.2 Å². The quantitative estimate of drug-likeness (QED) is 0.799. The van der Waals surface area contributed by atoms with Gasteiger partial charge >= 0.3 is 0 Å². The van der Waals surface area contributed by atoms with E-state index >= 15 is 0 Å². The van der Waals surface area contributed by atoms with Gasteiger partial charge in [-0.15, -0.1) is 0 Å². The van der Waals surface area contributed by atoms with E-state index in [2.05, 4.69) is 15.5 Å². The summed E-state index contributed by atoms with van der Waals surface area (Å²) in [6.07, 6.45) is 2.09. The summed E-state index contributed by atoms with van der Waals surface area (Å²) in [7, 11) is 0. The molecule has 1 N–H and O–H groups in total. The Balaban J connectivity index is 1.47. The van der Waals surface area contributed by atoms with Crippen molar-refractivity contribution in [3.8, 4) is 5.75 Å². The highest BCUT2D eigenvalue weighted by Gasteiger charge is 2.59. The van der Waals surface area contributed by atoms with Gasteiger partial charge in [0, 0.05) is 11.5 Å². The Bertz CT molecular complexity index is 858. The highest BCUT2D eigenvalue weighted by molar-refractivity contribution is 5.94. The molecule has 1 aromatic carbocycles. The summed E-state index contributed by atoms with van der Waals surface area (Å²) in [5.74, 6) is -1.51. The fraction of sp³-hybridized carbons (Fsp3) is 0.550. The molecule has 0 spiro atoms. The third kappa shape index (κ3) is 3.59. The maximum atomic E-state index is 13.0. The second-order valence-electron chi connectivity index (χ2n) is 7.95. The molecule has 28 heavy (non-hydrogen) atoms. The van der Waals surface area contributed by atoms with Gasteiger partial charge in [-0.25, -0.2) is 8.78 Å². The lowest BCUT2D eigenvalue weighted by atomic mass is 9.95. The Kier molecular flexibility index (Phi) is 4.59. The molecule has 1 amide bonds. The number of rotatable bonds is 6. The summed E-state index contributed by atoms with van der Waals surface area (Å²) in [6.45, 7) is 3.94. The Morgan fingerprint density at radius 3 is 2.43 bits per heavy atom. The van der Waals surface area contributed by atoms with E-state index in [1.165, 1.54) is 12.1 Å². The van der Waals surface area contributed by atoms with Crippen LogP contribution in [-0.2, 0) is 5.54 Å². The summed E-state index contributed by atoms with van der Waals surface area (Å²) in [5, 5.41) is 7.19. The zero-order valence-electron chi connectivity index (χ0n) is 15.9. The zero-order chi connectivity index (χ0) is 19.9. The molecular formula is C20H23F2N3O3. The molecule has 2 aliphatic carbocycles. The van der Waals surface area contributed by atoms with Gasteiger partial charge in [-0.1, -0.05) is 31.8 Å². The van der Waals surface area contributed by atoms with Gasteiger partial charge < -0.3 is 14.6 Å². The van der Waals surface area contributed by atoms with E-state index in [0.717, 1.165) is 25.7 Å². The van der Waals surface area contributed by atoms with Crippen LogP contribution in [0.4, 0.5) is 8.78 Å². The van der Waals surface area contributed by atoms with E-state index in [1.54, 1.807) is 12.1 Å². The van der Waals surface area contributed by atoms with Gasteiger partial charge in [-0.05, 0) is 37.1 Å². The van der Waals surface area contributed by atoms with Crippen molar-refractivity contribution in [2.45, 2.75) is 69.4 Å². The minimum absolute atomic E-state index is 0.113. The minimum Gasteiger partial charge on any atom is -0.484 e. The van der Waals surface area contributed by atoms with Crippen LogP contribution >= 0.6 is 0 Å². The van der Waals surface area contributed by atoms with Crippen molar-refractivity contribution in [1.29, 1.82) is 0 Å². The van der Waals surface area contributed by atoms with Crippen molar-refractivity contribution in [1.82, 2.24) is 15.5 Å². The first-order chi connectivity index (χ1) is 13.3. The number of amides is 1. The molecule has 1 unspecified atom stereocenters. The smallest absolute Gasteiger partial charge is 0.288 e. The molecule has 150 valence electrons. The van der Waals surface area contributed by atoms with Crippen LogP contribution in [0.3, 0.4) is 0 Å². The number of benzene rings is 1. The molecule has 1 atom stereocenters. The van der Waals surface area contributed by atoms with Gasteiger partial charge in [0.25, 0.3) is 11.8 Å². The molecular weight excluding hydrogens is 368 g/mol. The molecule has 2 aromatic rings. The third-order valence-electron chi connectivity index (χ3n) is 5.34. The lowest BCUT2D eigenvalue weighted by Gasteiger charge is -2.26. The minimum atomic E-state index is -2.75. The van der Waals surface area contributed by atoms with Crippen LogP contribution in [0.25, 0.3) is 0 Å². The average Bonchev–Trinajstić information content (AvgIpc) is 3.09. The van der Waals surface area contributed by atoms with E-state index < -0.39 is 17.6 Å². The predicted octanol–water partition coefficient (Wildman–Crippen LogP) is 4.18. The Morgan fingerprint density at radius 1 is 1.25 bits per heavy atom. The van der Waals surface area contributed by atoms with Gasteiger partial charge in [-0.3, -0.25) is 4.79 Å². The van der Waals surface area contributed by atoms with Gasteiger partial charge in [0.15, 0.2) is 11.9 Å². The lowest BCUT2D eigenvalue weighted by molar-refractivity contribution is 0.0664. The topological polar surface area (TPSA) is 77.2 Å². The molecule has 1 heterocycles. The maximum absolute atomic E-state index is 13.0. The van der Waals surface area contributed by atoms with E-state index in [0.29, 0.717) is 23.0 Å². The van der Waals surface area contributed by atoms with Gasteiger partial charge in [-0.2, -0.15) is 4.98 Å². The Morgan fingerprint density at radius 2 is 1.89 bits per heavy atom. The number of aromatic nitrogens is 2. The van der Waals surface area contributed by atoms with Crippen LogP contribution in [0.5, 0.6) is 5.75 Å². The summed E-state index contributed by atoms with van der Waals surface area (Å²) in [6, 6.07) is 6.22. The van der Waals surface area contributed by atoms with E-state index in [1.807, 2.05) is 13.8 Å². The number of halogens is 2. The molecule has 4 rings (SSSR count). The molecule has 1 aromatic heterocycles. The summed E-state index contributed by atoms with van der Waals surface area (Å²) >= 11 is 0. The number of carbonyl (C=O) groups is 1. The standard InChI is InChI=1S/C20H23F2N3O3/c1-12(2)17-23-18(25-28-17)19(9-3-4-10-19)24-16(26)13-5-7-14(8-6-13)27-15-11-20(15,21)22/h5-8,12,15H,3-4,9-11H2,1-2H3,(H,24,26). The molecule has 2 saturated carbocycles. The number of alkyl halides is 2. The van der Waals surface area contributed by atoms with Gasteiger partial charge in [0.2, 0.25) is 5.89 Å². The van der Waals surface area contributed by atoms with Crippen LogP contribution in [-0.4, -0.2) is 28.1 Å². The molecule has 0 saturated heterocycles. The van der Waals surface area contributed by atoms with Crippen LogP contribution in [0.1, 0.15) is 73.9 Å². The largest absolute Gasteiger partial charge is 0.484 e. The first kappa shape index (κ1) is 18.8. The molecule has 2 fully saturated rings. The zero-order valence-corrected chi connectivity index (χ0v) is 15.9. The van der Waals surface area contributed by atoms with Gasteiger partial charge in [0.1, 0.15) is 11.3 Å². The number of nitrogens with zero attached hydrogens (tertiary/aromatic N) is 2. The average molecular weight is 391 g/mol. The number of hydrogen-bond acceptors (Lipinski definition) is 5. The van der Waals surface area contributed by atoms with Crippen LogP contribution in [0.2, 0.25) is 0 Å². The van der Waals surface area contributed by atoms with Crippen molar-refractivity contribution in [2.75, 3.05) is 0 Å². The highest BCUT2D eigenvalue weighted by Crippen LogP contribution is 2.44.